The second kappa shape index (κ2) is 7.70. The van der Waals surface area contributed by atoms with Gasteiger partial charge in [0.2, 0.25) is 0 Å². The van der Waals surface area contributed by atoms with Crippen molar-refractivity contribution in [3.63, 3.8) is 0 Å². The van der Waals surface area contributed by atoms with Crippen molar-refractivity contribution in [3.8, 4) is 17.0 Å². The summed E-state index contributed by atoms with van der Waals surface area (Å²) in [6.45, 7) is 0.893. The number of nitrogens with zero attached hydrogens (tertiary/aromatic N) is 2. The molecule has 1 atom stereocenters. The first-order valence-electron chi connectivity index (χ1n) is 6.73. The minimum absolute atomic E-state index is 0. The third-order valence-electron chi connectivity index (χ3n) is 3.17. The van der Waals surface area contributed by atoms with Crippen LogP contribution in [0.4, 0.5) is 0 Å². The van der Waals surface area contributed by atoms with Crippen molar-refractivity contribution < 1.29 is 9.84 Å². The molecule has 1 unspecified atom stereocenters. The SMILES string of the molecule is Cl.OC(CNC1CC1)COc1ccc(-c2csnn2)cc1. The molecule has 7 heteroatoms. The summed E-state index contributed by atoms with van der Waals surface area (Å²) < 4.78 is 9.41. The summed E-state index contributed by atoms with van der Waals surface area (Å²) in [5.74, 6) is 0.752. The molecule has 3 rings (SSSR count). The van der Waals surface area contributed by atoms with Crippen molar-refractivity contribution in [2.24, 2.45) is 0 Å². The average molecular weight is 328 g/mol. The molecule has 1 fully saturated rings. The molecule has 0 radical (unpaired) electrons. The van der Waals surface area contributed by atoms with Crippen LogP contribution in [-0.4, -0.2) is 40.0 Å². The summed E-state index contributed by atoms with van der Waals surface area (Å²) in [5, 5.41) is 19.0. The monoisotopic (exact) mass is 327 g/mol. The lowest BCUT2D eigenvalue weighted by Crippen LogP contribution is -2.32. The van der Waals surface area contributed by atoms with Crippen LogP contribution in [0.2, 0.25) is 0 Å². The first-order chi connectivity index (χ1) is 9.81. The molecule has 1 aromatic carbocycles. The molecule has 5 nitrogen and oxygen atoms in total. The number of nitrogens with one attached hydrogen (secondary N) is 1. The van der Waals surface area contributed by atoms with E-state index in [1.165, 1.54) is 24.4 Å². The second-order valence-electron chi connectivity index (χ2n) is 4.96. The van der Waals surface area contributed by atoms with Gasteiger partial charge in [-0.2, -0.15) is 0 Å². The van der Waals surface area contributed by atoms with Crippen molar-refractivity contribution in [3.05, 3.63) is 29.6 Å². The topological polar surface area (TPSA) is 67.3 Å². The molecule has 1 saturated carbocycles. The van der Waals surface area contributed by atoms with Gasteiger partial charge >= 0.3 is 0 Å². The van der Waals surface area contributed by atoms with Crippen LogP contribution in [-0.2, 0) is 0 Å². The molecule has 2 N–H and O–H groups in total. The highest BCUT2D eigenvalue weighted by atomic mass is 35.5. The van der Waals surface area contributed by atoms with Crippen LogP contribution < -0.4 is 10.1 Å². The van der Waals surface area contributed by atoms with E-state index in [1.807, 2.05) is 29.6 Å². The number of aromatic nitrogens is 2. The van der Waals surface area contributed by atoms with E-state index in [-0.39, 0.29) is 12.4 Å². The molecular weight excluding hydrogens is 310 g/mol. The van der Waals surface area contributed by atoms with Gasteiger partial charge in [0.15, 0.2) is 0 Å². The Labute approximate surface area is 133 Å². The number of halogens is 1. The lowest BCUT2D eigenvalue weighted by atomic mass is 10.2. The van der Waals surface area contributed by atoms with Crippen LogP contribution in [0.1, 0.15) is 12.8 Å². The Morgan fingerprint density at radius 3 is 2.71 bits per heavy atom. The zero-order valence-electron chi connectivity index (χ0n) is 11.4. The van der Waals surface area contributed by atoms with E-state index in [0.717, 1.165) is 17.0 Å². The average Bonchev–Trinajstić information content (AvgIpc) is 3.15. The summed E-state index contributed by atoms with van der Waals surface area (Å²) >= 11 is 1.33. The molecule has 0 saturated heterocycles. The van der Waals surface area contributed by atoms with Gasteiger partial charge in [0.1, 0.15) is 24.2 Å². The molecule has 21 heavy (non-hydrogen) atoms. The molecular formula is C14H18ClN3O2S. The highest BCUT2D eigenvalue weighted by Crippen LogP contribution is 2.21. The number of rotatable bonds is 7. The van der Waals surface area contributed by atoms with E-state index in [9.17, 15) is 5.11 Å². The summed E-state index contributed by atoms with van der Waals surface area (Å²) in [4.78, 5) is 0. The summed E-state index contributed by atoms with van der Waals surface area (Å²) in [6, 6.07) is 8.27. The largest absolute Gasteiger partial charge is 0.491 e. The predicted octanol–water partition coefficient (Wildman–Crippen LogP) is 2.12. The fourth-order valence-electron chi connectivity index (χ4n) is 1.85. The summed E-state index contributed by atoms with van der Waals surface area (Å²) in [6.07, 6.45) is 1.97. The molecule has 1 aliphatic rings. The maximum absolute atomic E-state index is 9.79. The van der Waals surface area contributed by atoms with E-state index in [0.29, 0.717) is 19.2 Å². The first-order valence-corrected chi connectivity index (χ1v) is 7.56. The second-order valence-corrected chi connectivity index (χ2v) is 5.57. The van der Waals surface area contributed by atoms with Gasteiger partial charge in [-0.3, -0.25) is 0 Å². The van der Waals surface area contributed by atoms with Crippen molar-refractivity contribution in [1.29, 1.82) is 0 Å². The highest BCUT2D eigenvalue weighted by Gasteiger charge is 2.21. The van der Waals surface area contributed by atoms with Crippen molar-refractivity contribution in [1.82, 2.24) is 14.9 Å². The fourth-order valence-corrected chi connectivity index (χ4v) is 2.32. The van der Waals surface area contributed by atoms with E-state index in [2.05, 4.69) is 14.9 Å². The lowest BCUT2D eigenvalue weighted by molar-refractivity contribution is 0.106. The van der Waals surface area contributed by atoms with Gasteiger partial charge in [-0.05, 0) is 48.6 Å². The molecule has 114 valence electrons. The quantitative estimate of drug-likeness (QED) is 0.815. The zero-order valence-corrected chi connectivity index (χ0v) is 13.1. The van der Waals surface area contributed by atoms with Gasteiger partial charge in [-0.15, -0.1) is 17.5 Å². The third kappa shape index (κ3) is 4.93. The Balaban J connectivity index is 0.00000161. The van der Waals surface area contributed by atoms with Crippen LogP contribution in [0.25, 0.3) is 11.3 Å². The summed E-state index contributed by atoms with van der Waals surface area (Å²) in [7, 11) is 0. The van der Waals surface area contributed by atoms with Gasteiger partial charge in [-0.1, -0.05) is 4.49 Å². The molecule has 1 aliphatic carbocycles. The Bertz CT molecular complexity index is 532. The number of benzene rings is 1. The van der Waals surface area contributed by atoms with Crippen molar-refractivity contribution in [2.45, 2.75) is 25.0 Å². The van der Waals surface area contributed by atoms with Crippen LogP contribution in [0.5, 0.6) is 5.75 Å². The number of hydrogen-bond donors (Lipinski definition) is 2. The summed E-state index contributed by atoms with van der Waals surface area (Å²) in [5.41, 5.74) is 1.89. The molecule has 0 spiro atoms. The molecule has 1 heterocycles. The number of ether oxygens (including phenoxy) is 1. The van der Waals surface area contributed by atoms with Crippen LogP contribution in [0.3, 0.4) is 0 Å². The van der Waals surface area contributed by atoms with Gasteiger partial charge in [0.25, 0.3) is 0 Å². The van der Waals surface area contributed by atoms with E-state index in [1.54, 1.807) is 0 Å². The van der Waals surface area contributed by atoms with Crippen molar-refractivity contribution in [2.75, 3.05) is 13.2 Å². The minimum Gasteiger partial charge on any atom is -0.491 e. The third-order valence-corrected chi connectivity index (χ3v) is 3.68. The molecule has 0 bridgehead atoms. The van der Waals surface area contributed by atoms with E-state index in [4.69, 9.17) is 4.74 Å². The Hall–Kier alpha value is -1.21. The minimum atomic E-state index is -0.474. The maximum atomic E-state index is 9.79. The maximum Gasteiger partial charge on any atom is 0.119 e. The lowest BCUT2D eigenvalue weighted by Gasteiger charge is -2.13. The van der Waals surface area contributed by atoms with E-state index >= 15 is 0 Å². The van der Waals surface area contributed by atoms with Crippen LogP contribution in [0, 0.1) is 0 Å². The predicted molar refractivity (Wildman–Crippen MR) is 85.1 cm³/mol. The van der Waals surface area contributed by atoms with Crippen LogP contribution in [0.15, 0.2) is 29.6 Å². The highest BCUT2D eigenvalue weighted by molar-refractivity contribution is 7.03. The number of aliphatic hydroxyl groups is 1. The molecule has 2 aromatic rings. The standard InChI is InChI=1S/C14H17N3O2S.ClH/c18-12(7-15-11-3-4-11)8-19-13-5-1-10(2-6-13)14-9-20-17-16-14;/h1-2,5-6,9,11-12,15,18H,3-4,7-8H2;1H. The molecule has 0 amide bonds. The van der Waals surface area contributed by atoms with Gasteiger partial charge < -0.3 is 15.2 Å². The van der Waals surface area contributed by atoms with E-state index < -0.39 is 6.10 Å². The van der Waals surface area contributed by atoms with Crippen LogP contribution >= 0.6 is 23.9 Å². The van der Waals surface area contributed by atoms with Gasteiger partial charge in [0.05, 0.1) is 0 Å². The molecule has 0 aliphatic heterocycles. The van der Waals surface area contributed by atoms with Crippen molar-refractivity contribution >= 4 is 23.9 Å². The zero-order chi connectivity index (χ0) is 13.8. The molecule has 1 aromatic heterocycles. The Kier molecular flexibility index (Phi) is 5.93. The normalized spacial score (nSPS) is 15.3. The Morgan fingerprint density at radius 2 is 2.10 bits per heavy atom. The number of hydrogen-bond acceptors (Lipinski definition) is 6. The smallest absolute Gasteiger partial charge is 0.119 e. The van der Waals surface area contributed by atoms with Gasteiger partial charge in [-0.25, -0.2) is 0 Å². The Morgan fingerprint density at radius 1 is 1.33 bits per heavy atom. The first kappa shape index (κ1) is 16.2. The van der Waals surface area contributed by atoms with Gasteiger partial charge in [0, 0.05) is 23.5 Å². The number of aliphatic hydroxyl groups excluding tert-OH is 1. The fraction of sp³-hybridized carbons (Fsp3) is 0.429.